The highest BCUT2D eigenvalue weighted by atomic mass is 19.4. The monoisotopic (exact) mass is 552 g/mol. The zero-order valence-corrected chi connectivity index (χ0v) is 20.6. The van der Waals surface area contributed by atoms with Crippen LogP contribution in [0.2, 0.25) is 0 Å². The predicted octanol–water partition coefficient (Wildman–Crippen LogP) is 6.48. The Balaban J connectivity index is 1.57. The van der Waals surface area contributed by atoms with Gasteiger partial charge in [0.2, 0.25) is 0 Å². The summed E-state index contributed by atoms with van der Waals surface area (Å²) in [5.74, 6) is -0.702. The van der Waals surface area contributed by atoms with E-state index in [0.29, 0.717) is 23.6 Å². The van der Waals surface area contributed by atoms with Crippen molar-refractivity contribution in [2.75, 3.05) is 23.4 Å². The zero-order chi connectivity index (χ0) is 28.5. The molecule has 0 radical (unpaired) electrons. The molecule has 206 valence electrons. The Morgan fingerprint density at radius 1 is 0.949 bits per heavy atom. The summed E-state index contributed by atoms with van der Waals surface area (Å²) in [5, 5.41) is 2.30. The SMILES string of the molecule is Cc1ccc(OCCN2C(=O)C(C)Oc3ccc(NC(=O)c4cc(C(F)(F)F)cc(C(F)(F)F)c4)cc32)cc1. The number of fused-ring (bicyclic) bond motifs is 1. The molecule has 1 heterocycles. The quantitative estimate of drug-likeness (QED) is 0.356. The maximum Gasteiger partial charge on any atom is 0.416 e. The van der Waals surface area contributed by atoms with Gasteiger partial charge in [0, 0.05) is 11.3 Å². The molecule has 0 saturated heterocycles. The van der Waals surface area contributed by atoms with Crippen molar-refractivity contribution in [1.82, 2.24) is 0 Å². The Labute approximate surface area is 219 Å². The van der Waals surface area contributed by atoms with E-state index < -0.39 is 47.0 Å². The summed E-state index contributed by atoms with van der Waals surface area (Å²) < 4.78 is 90.5. The van der Waals surface area contributed by atoms with Gasteiger partial charge in [-0.3, -0.25) is 9.59 Å². The van der Waals surface area contributed by atoms with E-state index in [1.165, 1.54) is 23.1 Å². The highest BCUT2D eigenvalue weighted by molar-refractivity contribution is 6.06. The molecule has 1 atom stereocenters. The van der Waals surface area contributed by atoms with Crippen molar-refractivity contribution in [3.05, 3.63) is 82.9 Å². The summed E-state index contributed by atoms with van der Waals surface area (Å²) in [7, 11) is 0. The summed E-state index contributed by atoms with van der Waals surface area (Å²) in [6.07, 6.45) is -11.0. The van der Waals surface area contributed by atoms with Gasteiger partial charge >= 0.3 is 12.4 Å². The van der Waals surface area contributed by atoms with Crippen LogP contribution in [-0.4, -0.2) is 31.1 Å². The lowest BCUT2D eigenvalue weighted by atomic mass is 10.0. The van der Waals surface area contributed by atoms with Crippen molar-refractivity contribution < 1.29 is 45.4 Å². The Hall–Kier alpha value is -4.22. The number of halogens is 6. The smallest absolute Gasteiger partial charge is 0.416 e. The first-order chi connectivity index (χ1) is 18.2. The van der Waals surface area contributed by atoms with E-state index in [4.69, 9.17) is 9.47 Å². The van der Waals surface area contributed by atoms with Crippen molar-refractivity contribution >= 4 is 23.2 Å². The van der Waals surface area contributed by atoms with Gasteiger partial charge < -0.3 is 19.7 Å². The minimum absolute atomic E-state index is 0.0279. The molecule has 0 fully saturated rings. The number of carbonyl (C=O) groups is 2. The third kappa shape index (κ3) is 6.44. The van der Waals surface area contributed by atoms with Gasteiger partial charge in [0.25, 0.3) is 11.8 Å². The van der Waals surface area contributed by atoms with E-state index in [2.05, 4.69) is 5.32 Å². The van der Waals surface area contributed by atoms with Crippen LogP contribution in [0.25, 0.3) is 0 Å². The molecule has 1 aliphatic rings. The molecule has 4 rings (SSSR count). The van der Waals surface area contributed by atoms with Crippen LogP contribution in [0.1, 0.15) is 34.0 Å². The van der Waals surface area contributed by atoms with Gasteiger partial charge in [-0.05, 0) is 62.4 Å². The van der Waals surface area contributed by atoms with Crippen LogP contribution in [-0.2, 0) is 17.1 Å². The number of hydrogen-bond acceptors (Lipinski definition) is 4. The highest BCUT2D eigenvalue weighted by Gasteiger charge is 2.38. The average Bonchev–Trinajstić information content (AvgIpc) is 2.86. The summed E-state index contributed by atoms with van der Waals surface area (Å²) >= 11 is 0. The number of amides is 2. The maximum absolute atomic E-state index is 13.2. The Morgan fingerprint density at radius 3 is 2.15 bits per heavy atom. The first kappa shape index (κ1) is 27.8. The van der Waals surface area contributed by atoms with Crippen molar-refractivity contribution in [3.63, 3.8) is 0 Å². The van der Waals surface area contributed by atoms with Crippen LogP contribution < -0.4 is 19.7 Å². The molecule has 12 heteroatoms. The van der Waals surface area contributed by atoms with Gasteiger partial charge in [0.15, 0.2) is 6.10 Å². The van der Waals surface area contributed by atoms with Crippen LogP contribution >= 0.6 is 0 Å². The minimum atomic E-state index is -5.10. The molecule has 2 amide bonds. The Bertz CT molecular complexity index is 1350. The molecule has 0 aliphatic carbocycles. The second-order valence-electron chi connectivity index (χ2n) is 8.84. The van der Waals surface area contributed by atoms with Crippen molar-refractivity contribution in [2.24, 2.45) is 0 Å². The molecule has 0 aromatic heterocycles. The summed E-state index contributed by atoms with van der Waals surface area (Å²) in [6.45, 7) is 3.70. The highest BCUT2D eigenvalue weighted by Crippen LogP contribution is 2.38. The first-order valence-electron chi connectivity index (χ1n) is 11.6. The average molecular weight is 552 g/mol. The fourth-order valence-electron chi connectivity index (χ4n) is 3.89. The fraction of sp³-hybridized carbons (Fsp3) is 0.259. The maximum atomic E-state index is 13.2. The zero-order valence-electron chi connectivity index (χ0n) is 20.6. The largest absolute Gasteiger partial charge is 0.492 e. The van der Waals surface area contributed by atoms with Gasteiger partial charge in [-0.1, -0.05) is 17.7 Å². The van der Waals surface area contributed by atoms with Crippen LogP contribution in [0.5, 0.6) is 11.5 Å². The van der Waals surface area contributed by atoms with Gasteiger partial charge in [-0.15, -0.1) is 0 Å². The number of ether oxygens (including phenoxy) is 2. The Kier molecular flexibility index (Phi) is 7.49. The standard InChI is InChI=1S/C27H22F6N2O4/c1-15-3-6-21(7-4-15)38-10-9-35-22-14-20(5-8-23(22)39-16(2)25(35)37)34-24(36)17-11-18(26(28,29)30)13-19(12-17)27(31,32)33/h3-8,11-14,16H,9-10H2,1-2H3,(H,34,36). The van der Waals surface area contributed by atoms with E-state index in [9.17, 15) is 35.9 Å². The second kappa shape index (κ2) is 10.5. The van der Waals surface area contributed by atoms with E-state index >= 15 is 0 Å². The molecule has 3 aromatic rings. The molecule has 1 unspecified atom stereocenters. The fourth-order valence-corrected chi connectivity index (χ4v) is 3.89. The van der Waals surface area contributed by atoms with E-state index in [1.54, 1.807) is 19.1 Å². The van der Waals surface area contributed by atoms with Gasteiger partial charge in [0.1, 0.15) is 18.1 Å². The molecular weight excluding hydrogens is 530 g/mol. The second-order valence-corrected chi connectivity index (χ2v) is 8.84. The lowest BCUT2D eigenvalue weighted by molar-refractivity contribution is -0.143. The van der Waals surface area contributed by atoms with E-state index in [1.807, 2.05) is 19.1 Å². The van der Waals surface area contributed by atoms with Crippen molar-refractivity contribution in [2.45, 2.75) is 32.3 Å². The van der Waals surface area contributed by atoms with Gasteiger partial charge in [-0.25, -0.2) is 0 Å². The molecule has 1 N–H and O–H groups in total. The number of nitrogens with one attached hydrogen (secondary N) is 1. The van der Waals surface area contributed by atoms with Crippen LogP contribution in [0.3, 0.4) is 0 Å². The van der Waals surface area contributed by atoms with Crippen LogP contribution in [0.15, 0.2) is 60.7 Å². The molecule has 39 heavy (non-hydrogen) atoms. The Morgan fingerprint density at radius 2 is 1.56 bits per heavy atom. The molecule has 1 aliphatic heterocycles. The number of carbonyl (C=O) groups excluding carboxylic acids is 2. The third-order valence-electron chi connectivity index (χ3n) is 5.88. The lowest BCUT2D eigenvalue weighted by Gasteiger charge is -2.33. The minimum Gasteiger partial charge on any atom is -0.492 e. The molecule has 0 saturated carbocycles. The lowest BCUT2D eigenvalue weighted by Crippen LogP contribution is -2.46. The number of benzene rings is 3. The molecule has 3 aromatic carbocycles. The third-order valence-corrected chi connectivity index (χ3v) is 5.88. The predicted molar refractivity (Wildman–Crippen MR) is 130 cm³/mol. The number of nitrogens with zero attached hydrogens (tertiary/aromatic N) is 1. The number of alkyl halides is 6. The van der Waals surface area contributed by atoms with Crippen molar-refractivity contribution in [3.8, 4) is 11.5 Å². The molecule has 0 bridgehead atoms. The van der Waals surface area contributed by atoms with Gasteiger partial charge in [-0.2, -0.15) is 26.3 Å². The topological polar surface area (TPSA) is 67.9 Å². The number of hydrogen-bond donors (Lipinski definition) is 1. The molecule has 0 spiro atoms. The van der Waals surface area contributed by atoms with Crippen molar-refractivity contribution in [1.29, 1.82) is 0 Å². The van der Waals surface area contributed by atoms with Crippen LogP contribution in [0, 0.1) is 6.92 Å². The number of aryl methyl sites for hydroxylation is 1. The van der Waals surface area contributed by atoms with E-state index in [0.717, 1.165) is 5.56 Å². The number of anilines is 2. The summed E-state index contributed by atoms with van der Waals surface area (Å²) in [5.41, 5.74) is -2.73. The van der Waals surface area contributed by atoms with Gasteiger partial charge in [0.05, 0.1) is 23.4 Å². The number of rotatable bonds is 6. The summed E-state index contributed by atoms with van der Waals surface area (Å²) in [4.78, 5) is 26.9. The normalized spacial score (nSPS) is 15.4. The van der Waals surface area contributed by atoms with Crippen LogP contribution in [0.4, 0.5) is 37.7 Å². The first-order valence-corrected chi connectivity index (χ1v) is 11.6. The molecular formula is C27H22F6N2O4. The summed E-state index contributed by atoms with van der Waals surface area (Å²) in [6, 6.07) is 12.0. The van der Waals surface area contributed by atoms with E-state index in [-0.39, 0.29) is 30.6 Å². The molecule has 6 nitrogen and oxygen atoms in total.